The standard InChI is InChI=1S/C5H4ClN3O4S/c6-4-1-3(9(10)11)2-8-5(4)14(7,12)13/h1-2H,(H2,7,12,13). The van der Waals surface area contributed by atoms with Crippen molar-refractivity contribution in [3.8, 4) is 0 Å². The Hall–Kier alpha value is -1.25. The van der Waals surface area contributed by atoms with Crippen LogP contribution in [-0.4, -0.2) is 18.3 Å². The Kier molecular flexibility index (Phi) is 2.69. The van der Waals surface area contributed by atoms with Crippen molar-refractivity contribution in [1.82, 2.24) is 4.98 Å². The molecule has 1 aromatic heterocycles. The van der Waals surface area contributed by atoms with Crippen molar-refractivity contribution in [2.24, 2.45) is 5.14 Å². The largest absolute Gasteiger partial charge is 0.289 e. The van der Waals surface area contributed by atoms with Crippen molar-refractivity contribution in [2.75, 3.05) is 0 Å². The van der Waals surface area contributed by atoms with Gasteiger partial charge in [0.15, 0.2) is 5.03 Å². The summed E-state index contributed by atoms with van der Waals surface area (Å²) in [6.45, 7) is 0. The van der Waals surface area contributed by atoms with Crippen molar-refractivity contribution >= 4 is 27.3 Å². The molecule has 76 valence electrons. The van der Waals surface area contributed by atoms with Gasteiger partial charge < -0.3 is 0 Å². The van der Waals surface area contributed by atoms with E-state index in [1.54, 1.807) is 0 Å². The number of hydrogen-bond acceptors (Lipinski definition) is 5. The van der Waals surface area contributed by atoms with Gasteiger partial charge >= 0.3 is 0 Å². The number of aromatic nitrogens is 1. The van der Waals surface area contributed by atoms with Crippen molar-refractivity contribution in [2.45, 2.75) is 5.03 Å². The summed E-state index contributed by atoms with van der Waals surface area (Å²) < 4.78 is 21.6. The Morgan fingerprint density at radius 1 is 1.57 bits per heavy atom. The monoisotopic (exact) mass is 237 g/mol. The molecule has 14 heavy (non-hydrogen) atoms. The summed E-state index contributed by atoms with van der Waals surface area (Å²) in [6, 6.07) is 0.869. The van der Waals surface area contributed by atoms with Crippen LogP contribution in [0.1, 0.15) is 0 Å². The van der Waals surface area contributed by atoms with Gasteiger partial charge in [-0.2, -0.15) is 0 Å². The molecule has 2 N–H and O–H groups in total. The highest BCUT2D eigenvalue weighted by Gasteiger charge is 2.18. The van der Waals surface area contributed by atoms with E-state index in [0.29, 0.717) is 0 Å². The summed E-state index contributed by atoms with van der Waals surface area (Å²) in [4.78, 5) is 12.8. The zero-order chi connectivity index (χ0) is 10.9. The molecule has 7 nitrogen and oxygen atoms in total. The maximum Gasteiger partial charge on any atom is 0.289 e. The molecule has 0 aliphatic rings. The molecule has 0 bridgehead atoms. The van der Waals surface area contributed by atoms with Crippen LogP contribution in [0, 0.1) is 10.1 Å². The highest BCUT2D eigenvalue weighted by atomic mass is 35.5. The molecule has 1 aromatic rings. The molecule has 0 aliphatic heterocycles. The molecule has 9 heteroatoms. The Morgan fingerprint density at radius 3 is 2.50 bits per heavy atom. The normalized spacial score (nSPS) is 11.3. The Morgan fingerprint density at radius 2 is 2.14 bits per heavy atom. The molecule has 0 amide bonds. The molecule has 0 aromatic carbocycles. The molecule has 0 spiro atoms. The van der Waals surface area contributed by atoms with Gasteiger partial charge in [-0.05, 0) is 0 Å². The molecule has 0 atom stereocenters. The highest BCUT2D eigenvalue weighted by Crippen LogP contribution is 2.22. The molecule has 0 unspecified atom stereocenters. The maximum atomic E-state index is 10.8. The fraction of sp³-hybridized carbons (Fsp3) is 0. The van der Waals surface area contributed by atoms with Gasteiger partial charge in [0.25, 0.3) is 15.7 Å². The number of nitrogens with zero attached hydrogens (tertiary/aromatic N) is 2. The summed E-state index contributed by atoms with van der Waals surface area (Å²) in [5, 5.41) is 14.0. The molecule has 0 aliphatic carbocycles. The molecular formula is C5H4ClN3O4S. The van der Waals surface area contributed by atoms with Crippen molar-refractivity contribution < 1.29 is 13.3 Å². The second-order valence-electron chi connectivity index (χ2n) is 2.28. The zero-order valence-corrected chi connectivity index (χ0v) is 8.12. The van der Waals surface area contributed by atoms with Crippen LogP contribution in [0.2, 0.25) is 5.02 Å². The van der Waals surface area contributed by atoms with E-state index in [2.05, 4.69) is 4.98 Å². The van der Waals surface area contributed by atoms with Crippen molar-refractivity contribution in [3.63, 3.8) is 0 Å². The third kappa shape index (κ3) is 2.16. The first-order valence-electron chi connectivity index (χ1n) is 3.15. The topological polar surface area (TPSA) is 116 Å². The number of rotatable bonds is 2. The zero-order valence-electron chi connectivity index (χ0n) is 6.55. The van der Waals surface area contributed by atoms with Gasteiger partial charge in [0.05, 0.1) is 9.95 Å². The third-order valence-corrected chi connectivity index (χ3v) is 2.54. The van der Waals surface area contributed by atoms with E-state index in [0.717, 1.165) is 12.3 Å². The predicted octanol–water partition coefficient (Wildman–Crippen LogP) is 0.291. The lowest BCUT2D eigenvalue weighted by Gasteiger charge is -1.98. The minimum atomic E-state index is -4.04. The molecule has 1 heterocycles. The summed E-state index contributed by atoms with van der Waals surface area (Å²) in [7, 11) is -4.04. The number of sulfonamides is 1. The van der Waals surface area contributed by atoms with E-state index in [4.69, 9.17) is 16.7 Å². The lowest BCUT2D eigenvalue weighted by molar-refractivity contribution is -0.385. The average Bonchev–Trinajstić information content (AvgIpc) is 2.01. The quantitative estimate of drug-likeness (QED) is 0.586. The maximum absolute atomic E-state index is 10.8. The van der Waals surface area contributed by atoms with E-state index in [1.165, 1.54) is 0 Å². The summed E-state index contributed by atoms with van der Waals surface area (Å²) in [5.41, 5.74) is -0.401. The van der Waals surface area contributed by atoms with E-state index < -0.39 is 25.7 Å². The minimum absolute atomic E-state index is 0.373. The lowest BCUT2D eigenvalue weighted by atomic mass is 10.4. The van der Waals surface area contributed by atoms with E-state index in [-0.39, 0.29) is 5.02 Å². The number of nitrogens with two attached hydrogens (primary N) is 1. The number of halogens is 1. The number of hydrogen-bond donors (Lipinski definition) is 1. The third-order valence-electron chi connectivity index (χ3n) is 1.27. The molecule has 0 saturated heterocycles. The molecule has 0 fully saturated rings. The number of pyridine rings is 1. The molecule has 0 radical (unpaired) electrons. The van der Waals surface area contributed by atoms with Crippen LogP contribution in [0.25, 0.3) is 0 Å². The second kappa shape index (κ2) is 3.48. The Labute approximate surface area is 83.7 Å². The Bertz CT molecular complexity index is 486. The first kappa shape index (κ1) is 10.8. The molecule has 1 rings (SSSR count). The van der Waals surface area contributed by atoms with Crippen LogP contribution in [0.15, 0.2) is 17.3 Å². The van der Waals surface area contributed by atoms with Crippen LogP contribution in [0.4, 0.5) is 5.69 Å². The summed E-state index contributed by atoms with van der Waals surface area (Å²) in [6.07, 6.45) is 0.769. The molecular weight excluding hydrogens is 234 g/mol. The number of primary sulfonamides is 1. The first-order valence-corrected chi connectivity index (χ1v) is 5.07. The van der Waals surface area contributed by atoms with Gasteiger partial charge in [-0.25, -0.2) is 18.5 Å². The van der Waals surface area contributed by atoms with Gasteiger partial charge in [0.2, 0.25) is 0 Å². The lowest BCUT2D eigenvalue weighted by Crippen LogP contribution is -2.14. The summed E-state index contributed by atoms with van der Waals surface area (Å²) >= 11 is 5.43. The Balaban J connectivity index is 3.35. The minimum Gasteiger partial charge on any atom is -0.258 e. The van der Waals surface area contributed by atoms with Gasteiger partial charge in [0.1, 0.15) is 6.20 Å². The van der Waals surface area contributed by atoms with Gasteiger partial charge in [-0.1, -0.05) is 11.6 Å². The van der Waals surface area contributed by atoms with Crippen LogP contribution in [0.5, 0.6) is 0 Å². The van der Waals surface area contributed by atoms with Crippen LogP contribution < -0.4 is 5.14 Å². The fourth-order valence-corrected chi connectivity index (χ4v) is 1.74. The highest BCUT2D eigenvalue weighted by molar-refractivity contribution is 7.89. The van der Waals surface area contributed by atoms with Crippen LogP contribution in [-0.2, 0) is 10.0 Å². The first-order chi connectivity index (χ1) is 6.32. The van der Waals surface area contributed by atoms with Crippen molar-refractivity contribution in [3.05, 3.63) is 27.4 Å². The second-order valence-corrected chi connectivity index (χ2v) is 4.17. The van der Waals surface area contributed by atoms with Gasteiger partial charge in [-0.3, -0.25) is 10.1 Å². The van der Waals surface area contributed by atoms with Gasteiger partial charge in [0, 0.05) is 6.07 Å². The predicted molar refractivity (Wildman–Crippen MR) is 47.3 cm³/mol. The van der Waals surface area contributed by atoms with Crippen LogP contribution in [0.3, 0.4) is 0 Å². The van der Waals surface area contributed by atoms with Crippen molar-refractivity contribution in [1.29, 1.82) is 0 Å². The molecule has 0 saturated carbocycles. The average molecular weight is 238 g/mol. The smallest absolute Gasteiger partial charge is 0.258 e. The van der Waals surface area contributed by atoms with E-state index >= 15 is 0 Å². The van der Waals surface area contributed by atoms with Gasteiger partial charge in [-0.15, -0.1) is 0 Å². The van der Waals surface area contributed by atoms with E-state index in [1.807, 2.05) is 0 Å². The summed E-state index contributed by atoms with van der Waals surface area (Å²) in [5.74, 6) is 0. The van der Waals surface area contributed by atoms with E-state index in [9.17, 15) is 18.5 Å². The SMILES string of the molecule is NS(=O)(=O)c1ncc([N+](=O)[O-])cc1Cl. The fourth-order valence-electron chi connectivity index (χ4n) is 0.724. The van der Waals surface area contributed by atoms with Crippen LogP contribution >= 0.6 is 11.6 Å². The number of nitro groups is 1.